The first kappa shape index (κ1) is 40.4. The maximum absolute atomic E-state index is 9.14. The van der Waals surface area contributed by atoms with Crippen LogP contribution in [0.3, 0.4) is 0 Å². The molecule has 0 amide bonds. The fourth-order valence-corrected chi connectivity index (χ4v) is 13.1. The van der Waals surface area contributed by atoms with E-state index >= 15 is 0 Å². The molecule has 0 saturated carbocycles. The van der Waals surface area contributed by atoms with Gasteiger partial charge in [-0.05, 0) is 57.6 Å². The van der Waals surface area contributed by atoms with Gasteiger partial charge in [0, 0.05) is 93.4 Å². The number of nitrogens with zero attached hydrogens (tertiary/aromatic N) is 6. The number of imidazole rings is 1. The molecule has 0 N–H and O–H groups in total. The summed E-state index contributed by atoms with van der Waals surface area (Å²) in [5, 5.41) is 10.7. The molecule has 0 spiro atoms. The third kappa shape index (κ3) is 7.45. The summed E-state index contributed by atoms with van der Waals surface area (Å²) >= 11 is 0. The quantitative estimate of drug-likeness (QED) is 0.118. The normalized spacial score (nSPS) is 13.5. The van der Waals surface area contributed by atoms with Gasteiger partial charge in [0.25, 0.3) is 6.33 Å². The van der Waals surface area contributed by atoms with Crippen LogP contribution in [-0.4, -0.2) is 22.9 Å². The molecule has 0 unspecified atom stereocenters. The minimum absolute atomic E-state index is 0. The molecular formula is C78H46N6OPt-2. The summed E-state index contributed by atoms with van der Waals surface area (Å²) in [5.74, 6) is 1.39. The van der Waals surface area contributed by atoms with Crippen molar-refractivity contribution >= 4 is 109 Å². The molecule has 8 heteroatoms. The molecule has 0 radical (unpaired) electrons. The molecule has 0 fully saturated rings. The van der Waals surface area contributed by atoms with Crippen molar-refractivity contribution in [2.45, 2.75) is 0 Å². The van der Waals surface area contributed by atoms with Gasteiger partial charge in [-0.3, -0.25) is 4.57 Å². The molecule has 406 valence electrons. The Labute approximate surface area is 521 Å². The minimum atomic E-state index is -0.580. The largest absolute Gasteiger partial charge is 0.510 e. The van der Waals surface area contributed by atoms with Gasteiger partial charge >= 0.3 is 0 Å². The molecule has 6 heterocycles. The van der Waals surface area contributed by atoms with Gasteiger partial charge in [0.15, 0.2) is 0 Å². The summed E-state index contributed by atoms with van der Waals surface area (Å²) in [7, 11) is 0. The first-order chi connectivity index (χ1) is 46.3. The van der Waals surface area contributed by atoms with Gasteiger partial charge in [-0.1, -0.05) is 218 Å². The monoisotopic (exact) mass is 1290 g/mol. The molecule has 0 saturated heterocycles. The third-order valence-electron chi connectivity index (χ3n) is 16.6. The number of aromatic nitrogens is 6. The van der Waals surface area contributed by atoms with E-state index in [1.165, 1.54) is 10.8 Å². The van der Waals surface area contributed by atoms with Crippen molar-refractivity contribution in [3.63, 3.8) is 0 Å². The maximum Gasteiger partial charge on any atom is 0.268 e. The number of fused-ring (bicyclic) bond motifs is 16. The van der Waals surface area contributed by atoms with Gasteiger partial charge in [0.05, 0.1) is 63.5 Å². The SMILES string of the molecule is [2H]c1c([2H])c([2H])c(-c2cccc(-c3c([2H])c([2H])c([2H])c([2H])c3[2H])c2-n2[c-][n+](-c3[c-]c(Oc4[c-]c5c(cc4)c4ccccc4n5-c4cc5c(cn4)c4ccccc4n4c6ccccc6c6cccc(c7cccc8c9ccccc9n5c87)c64)ccc3)c3ccccc32)c([2H])c1[2H].[Pt]. The van der Waals surface area contributed by atoms with E-state index in [1.54, 1.807) is 33.4 Å². The Bertz CT molecular complexity index is 6350. The zero-order valence-corrected chi connectivity index (χ0v) is 47.5. The van der Waals surface area contributed by atoms with E-state index in [1.807, 2.05) is 66.9 Å². The maximum atomic E-state index is 9.14. The van der Waals surface area contributed by atoms with Gasteiger partial charge in [-0.2, -0.15) is 18.2 Å². The summed E-state index contributed by atoms with van der Waals surface area (Å²) in [5.41, 5.74) is 9.70. The Hall–Kier alpha value is -10.9. The fourth-order valence-electron chi connectivity index (χ4n) is 13.1. The van der Waals surface area contributed by atoms with Crippen LogP contribution in [0.2, 0.25) is 0 Å². The minimum Gasteiger partial charge on any atom is -0.510 e. The number of hydrogen-bond acceptors (Lipinski definition) is 2. The zero-order chi connectivity index (χ0) is 64.4. The molecule has 0 atom stereocenters. The third-order valence-corrected chi connectivity index (χ3v) is 16.6. The van der Waals surface area contributed by atoms with Crippen molar-refractivity contribution in [2.75, 3.05) is 0 Å². The van der Waals surface area contributed by atoms with Crippen LogP contribution in [0.15, 0.2) is 279 Å². The first-order valence-corrected chi connectivity index (χ1v) is 27.9. The Morgan fingerprint density at radius 1 is 0.407 bits per heavy atom. The Kier molecular flexibility index (Phi) is 9.22. The second kappa shape index (κ2) is 19.6. The predicted octanol–water partition coefficient (Wildman–Crippen LogP) is 18.9. The van der Waals surface area contributed by atoms with Gasteiger partial charge in [0.2, 0.25) is 0 Å². The van der Waals surface area contributed by atoms with Gasteiger partial charge in [-0.25, -0.2) is 4.98 Å². The molecule has 0 aliphatic rings. The van der Waals surface area contributed by atoms with E-state index in [-0.39, 0.29) is 49.0 Å². The van der Waals surface area contributed by atoms with Crippen LogP contribution in [0.25, 0.3) is 148 Å². The Balaban J connectivity index is 0.00000697. The van der Waals surface area contributed by atoms with E-state index in [9.17, 15) is 0 Å². The molecule has 7 nitrogen and oxygen atoms in total. The molecule has 0 aliphatic heterocycles. The number of benzene rings is 12. The van der Waals surface area contributed by atoms with Crippen LogP contribution in [0.4, 0.5) is 0 Å². The van der Waals surface area contributed by atoms with Crippen LogP contribution >= 0.6 is 0 Å². The summed E-state index contributed by atoms with van der Waals surface area (Å²) in [6, 6.07) is 72.9. The summed E-state index contributed by atoms with van der Waals surface area (Å²) in [4.78, 5) is 5.46. The van der Waals surface area contributed by atoms with Gasteiger partial charge in [0.1, 0.15) is 5.82 Å². The first-order valence-electron chi connectivity index (χ1n) is 32.9. The van der Waals surface area contributed by atoms with Gasteiger partial charge < -0.3 is 22.7 Å². The van der Waals surface area contributed by atoms with Crippen LogP contribution in [0.1, 0.15) is 13.7 Å². The molecule has 12 aromatic carbocycles. The van der Waals surface area contributed by atoms with Crippen molar-refractivity contribution in [3.8, 4) is 50.9 Å². The summed E-state index contributed by atoms with van der Waals surface area (Å²) < 4.78 is 105. The van der Waals surface area contributed by atoms with E-state index < -0.39 is 60.4 Å². The van der Waals surface area contributed by atoms with E-state index in [0.29, 0.717) is 34.0 Å². The second-order valence-corrected chi connectivity index (χ2v) is 21.1. The molecule has 86 heavy (non-hydrogen) atoms. The van der Waals surface area contributed by atoms with E-state index in [0.717, 1.165) is 87.2 Å². The average Bonchev–Trinajstić information content (AvgIpc) is 1.28. The predicted molar refractivity (Wildman–Crippen MR) is 347 cm³/mol. The number of pyridine rings is 1. The second-order valence-electron chi connectivity index (χ2n) is 21.1. The molecule has 0 aliphatic carbocycles. The molecule has 18 aromatic rings. The van der Waals surface area contributed by atoms with E-state index in [2.05, 4.69) is 159 Å². The average molecular weight is 1290 g/mol. The van der Waals surface area contributed by atoms with Crippen LogP contribution in [0.5, 0.6) is 11.5 Å². The molecule has 0 bridgehead atoms. The number of para-hydroxylation sites is 9. The zero-order valence-electron chi connectivity index (χ0n) is 55.2. The molecular weight excluding hydrogens is 1230 g/mol. The Morgan fingerprint density at radius 3 is 1.50 bits per heavy atom. The van der Waals surface area contributed by atoms with Crippen LogP contribution < -0.4 is 9.30 Å². The van der Waals surface area contributed by atoms with Crippen molar-refractivity contribution < 1.29 is 44.1 Å². The smallest absolute Gasteiger partial charge is 0.268 e. The molecule has 6 aromatic heterocycles. The van der Waals surface area contributed by atoms with Crippen molar-refractivity contribution in [3.05, 3.63) is 297 Å². The van der Waals surface area contributed by atoms with Crippen molar-refractivity contribution in [1.82, 2.24) is 22.9 Å². The molecule has 18 rings (SSSR count). The topological polar surface area (TPSA) is 44.7 Å². The van der Waals surface area contributed by atoms with Gasteiger partial charge in [-0.15, -0.1) is 29.7 Å². The number of ether oxygens (including phenoxy) is 1. The van der Waals surface area contributed by atoms with Crippen molar-refractivity contribution in [1.29, 1.82) is 0 Å². The fraction of sp³-hybridized carbons (Fsp3) is 0. The number of hydrogen-bond donors (Lipinski definition) is 0. The van der Waals surface area contributed by atoms with Crippen LogP contribution in [0, 0.1) is 18.5 Å². The van der Waals surface area contributed by atoms with Crippen LogP contribution in [-0.2, 0) is 21.1 Å². The summed E-state index contributed by atoms with van der Waals surface area (Å²) in [6.07, 6.45) is 5.47. The standard InChI is InChI=1S/C78H46N6O.Pt/c1-3-21-50(22-4-1)55-31-18-32-56(51-23-5-2-6-24-51)76(55)81-49-80(71-41-15-16-42-72(71)81)52-25-17-26-53(45-52)85-54-43-44-61-57-27-7-11-37-67(57)82(73(61)46-54)75-47-74-66(48-79-75)60-30-10-14-40-70(60)83-68-38-12-8-28-58(68)62-33-19-35-64(77(62)83)65-36-20-34-63-59-29-9-13-39-69(59)84(74)78(63)65;/h1-44,47-48H;/q-2;/i1D,2D,3D,4D,5D,6D,21D,22D,23D,24D;. The summed E-state index contributed by atoms with van der Waals surface area (Å²) in [6.45, 7) is 0. The van der Waals surface area contributed by atoms with E-state index in [4.69, 9.17) is 23.4 Å². The number of rotatable bonds is 7. The Morgan fingerprint density at radius 2 is 0.884 bits per heavy atom. The van der Waals surface area contributed by atoms with Crippen molar-refractivity contribution in [2.24, 2.45) is 0 Å².